The van der Waals surface area contributed by atoms with Crippen molar-refractivity contribution in [3.8, 4) is 5.75 Å². The summed E-state index contributed by atoms with van der Waals surface area (Å²) in [4.78, 5) is 26.1. The molecule has 1 aliphatic heterocycles. The molecule has 4 aromatic carbocycles. The number of hydrogen-bond donors (Lipinski definition) is 0. The number of rotatable bonds is 4. The first-order valence-electron chi connectivity index (χ1n) is 9.41. The molecule has 0 saturated heterocycles. The molecule has 0 radical (unpaired) electrons. The molecule has 0 unspecified atom stereocenters. The first kappa shape index (κ1) is 17.2. The van der Waals surface area contributed by atoms with Crippen molar-refractivity contribution in [1.82, 2.24) is 4.90 Å². The zero-order valence-corrected chi connectivity index (χ0v) is 15.5. The Labute approximate surface area is 167 Å². The summed E-state index contributed by atoms with van der Waals surface area (Å²) in [5.74, 6) is 0.217. The van der Waals surface area contributed by atoms with Crippen molar-refractivity contribution >= 4 is 33.4 Å². The predicted octanol–water partition coefficient (Wildman–Crippen LogP) is 5.18. The van der Waals surface area contributed by atoms with Crippen LogP contribution in [0.1, 0.15) is 20.7 Å². The maximum atomic E-state index is 12.5. The molecule has 5 rings (SSSR count). The van der Waals surface area contributed by atoms with E-state index in [1.165, 1.54) is 4.90 Å². The van der Waals surface area contributed by atoms with E-state index < -0.39 is 0 Å². The van der Waals surface area contributed by atoms with E-state index in [1.807, 2.05) is 36.4 Å². The largest absolute Gasteiger partial charge is 0.464 e. The minimum absolute atomic E-state index is 0.162. The van der Waals surface area contributed by atoms with E-state index in [1.54, 1.807) is 36.6 Å². The van der Waals surface area contributed by atoms with Crippen LogP contribution < -0.4 is 4.74 Å². The van der Waals surface area contributed by atoms with Gasteiger partial charge in [0.1, 0.15) is 5.75 Å². The Hall–Kier alpha value is -3.92. The van der Waals surface area contributed by atoms with E-state index in [4.69, 9.17) is 4.74 Å². The van der Waals surface area contributed by atoms with Crippen LogP contribution in [0.25, 0.3) is 21.5 Å². The monoisotopic (exact) mass is 379 g/mol. The maximum absolute atomic E-state index is 12.5. The second kappa shape index (κ2) is 6.91. The third kappa shape index (κ3) is 2.86. The highest BCUT2D eigenvalue weighted by atomic mass is 16.5. The number of amides is 2. The molecule has 4 heteroatoms. The van der Waals surface area contributed by atoms with Crippen LogP contribution in [0, 0.1) is 0 Å². The Balaban J connectivity index is 1.42. The second-order valence-corrected chi connectivity index (χ2v) is 6.90. The van der Waals surface area contributed by atoms with E-state index >= 15 is 0 Å². The lowest BCUT2D eigenvalue weighted by atomic mass is 10.0. The summed E-state index contributed by atoms with van der Waals surface area (Å²) in [6, 6.07) is 25.1. The Morgan fingerprint density at radius 1 is 0.724 bits per heavy atom. The van der Waals surface area contributed by atoms with Gasteiger partial charge in [-0.15, -0.1) is 0 Å². The number of carbonyl (C=O) groups excluding carboxylic acids is 2. The van der Waals surface area contributed by atoms with Gasteiger partial charge in [-0.1, -0.05) is 60.7 Å². The SMILES string of the molecule is O=C1c2ccccc2C(=O)N1CC=COc1c2ccccc2cc2ccccc12. The van der Waals surface area contributed by atoms with Gasteiger partial charge in [0.25, 0.3) is 11.8 Å². The fraction of sp³-hybridized carbons (Fsp3) is 0.0400. The van der Waals surface area contributed by atoms with Crippen LogP contribution in [-0.2, 0) is 0 Å². The third-order valence-electron chi connectivity index (χ3n) is 5.17. The Morgan fingerprint density at radius 2 is 1.24 bits per heavy atom. The lowest BCUT2D eigenvalue weighted by molar-refractivity contribution is 0.0671. The highest BCUT2D eigenvalue weighted by molar-refractivity contribution is 6.21. The molecule has 4 aromatic rings. The predicted molar refractivity (Wildman–Crippen MR) is 113 cm³/mol. The van der Waals surface area contributed by atoms with Crippen molar-refractivity contribution in [2.45, 2.75) is 0 Å². The number of benzene rings is 4. The first-order chi connectivity index (χ1) is 14.2. The van der Waals surface area contributed by atoms with E-state index in [-0.39, 0.29) is 18.4 Å². The van der Waals surface area contributed by atoms with Crippen LogP contribution in [0.5, 0.6) is 5.75 Å². The van der Waals surface area contributed by atoms with Gasteiger partial charge in [-0.05, 0) is 35.0 Å². The van der Waals surface area contributed by atoms with Gasteiger partial charge >= 0.3 is 0 Å². The maximum Gasteiger partial charge on any atom is 0.261 e. The van der Waals surface area contributed by atoms with Crippen LogP contribution in [-0.4, -0.2) is 23.3 Å². The van der Waals surface area contributed by atoms with Crippen molar-refractivity contribution in [1.29, 1.82) is 0 Å². The van der Waals surface area contributed by atoms with E-state index in [9.17, 15) is 9.59 Å². The molecular formula is C25H17NO3. The normalized spacial score (nSPS) is 13.6. The van der Waals surface area contributed by atoms with E-state index in [0.717, 1.165) is 27.3 Å². The van der Waals surface area contributed by atoms with Crippen molar-refractivity contribution in [3.63, 3.8) is 0 Å². The van der Waals surface area contributed by atoms with Crippen molar-refractivity contribution in [3.05, 3.63) is 102 Å². The second-order valence-electron chi connectivity index (χ2n) is 6.90. The summed E-state index contributed by atoms with van der Waals surface area (Å²) in [5.41, 5.74) is 0.902. The fourth-order valence-corrected chi connectivity index (χ4v) is 3.77. The van der Waals surface area contributed by atoms with E-state index in [2.05, 4.69) is 18.2 Å². The molecule has 1 aliphatic rings. The molecule has 0 saturated carbocycles. The molecule has 0 N–H and O–H groups in total. The van der Waals surface area contributed by atoms with Gasteiger partial charge in [0.2, 0.25) is 0 Å². The van der Waals surface area contributed by atoms with Gasteiger partial charge in [-0.3, -0.25) is 14.5 Å². The molecule has 0 aliphatic carbocycles. The minimum Gasteiger partial charge on any atom is -0.464 e. The van der Waals surface area contributed by atoms with E-state index in [0.29, 0.717) is 11.1 Å². The average Bonchev–Trinajstić information content (AvgIpc) is 3.01. The minimum atomic E-state index is -0.272. The molecule has 0 spiro atoms. The summed E-state index contributed by atoms with van der Waals surface area (Å²) in [6.45, 7) is 0.162. The van der Waals surface area contributed by atoms with Crippen LogP contribution in [0.15, 0.2) is 91.2 Å². The Bertz CT molecular complexity index is 1220. The zero-order chi connectivity index (χ0) is 19.8. The number of imide groups is 1. The summed E-state index contributed by atoms with van der Waals surface area (Å²) in [5, 5.41) is 4.21. The number of hydrogen-bond acceptors (Lipinski definition) is 3. The number of nitrogens with zero attached hydrogens (tertiary/aromatic N) is 1. The van der Waals surface area contributed by atoms with Gasteiger partial charge in [0.05, 0.1) is 23.9 Å². The molecule has 1 heterocycles. The topological polar surface area (TPSA) is 46.6 Å². The molecule has 0 fully saturated rings. The lowest BCUT2D eigenvalue weighted by Gasteiger charge is -2.12. The molecule has 4 nitrogen and oxygen atoms in total. The molecular weight excluding hydrogens is 362 g/mol. The lowest BCUT2D eigenvalue weighted by Crippen LogP contribution is -2.29. The van der Waals surface area contributed by atoms with Gasteiger partial charge in [0, 0.05) is 10.8 Å². The summed E-state index contributed by atoms with van der Waals surface area (Å²) in [6.07, 6.45) is 3.25. The molecule has 0 bridgehead atoms. The van der Waals surface area contributed by atoms with Gasteiger partial charge in [-0.25, -0.2) is 0 Å². The number of ether oxygens (including phenoxy) is 1. The number of fused-ring (bicyclic) bond motifs is 3. The first-order valence-corrected chi connectivity index (χ1v) is 9.41. The summed E-state index contributed by atoms with van der Waals surface area (Å²) in [7, 11) is 0. The van der Waals surface area contributed by atoms with Crippen LogP contribution in [0.4, 0.5) is 0 Å². The molecule has 29 heavy (non-hydrogen) atoms. The standard InChI is InChI=1S/C25H17NO3/c27-24-21-12-5-6-13-22(21)25(28)26(24)14-7-15-29-23-19-10-3-1-8-17(19)16-18-9-2-4-11-20(18)23/h1-13,15-16H,14H2. The van der Waals surface area contributed by atoms with Gasteiger partial charge in [0.15, 0.2) is 0 Å². The van der Waals surface area contributed by atoms with Crippen molar-refractivity contribution < 1.29 is 14.3 Å². The van der Waals surface area contributed by atoms with Crippen LogP contribution in [0.3, 0.4) is 0 Å². The molecule has 2 amide bonds. The summed E-state index contributed by atoms with van der Waals surface area (Å²) >= 11 is 0. The third-order valence-corrected chi connectivity index (χ3v) is 5.17. The quantitative estimate of drug-likeness (QED) is 0.279. The highest BCUT2D eigenvalue weighted by Crippen LogP contribution is 2.35. The highest BCUT2D eigenvalue weighted by Gasteiger charge is 2.34. The fourth-order valence-electron chi connectivity index (χ4n) is 3.77. The smallest absolute Gasteiger partial charge is 0.261 e. The Kier molecular flexibility index (Phi) is 4.10. The van der Waals surface area contributed by atoms with Gasteiger partial charge < -0.3 is 4.74 Å². The van der Waals surface area contributed by atoms with Crippen LogP contribution in [0.2, 0.25) is 0 Å². The zero-order valence-electron chi connectivity index (χ0n) is 15.5. The molecule has 0 aromatic heterocycles. The Morgan fingerprint density at radius 3 is 1.83 bits per heavy atom. The van der Waals surface area contributed by atoms with Gasteiger partial charge in [-0.2, -0.15) is 0 Å². The van der Waals surface area contributed by atoms with Crippen molar-refractivity contribution in [2.75, 3.05) is 6.54 Å². The summed E-state index contributed by atoms with van der Waals surface area (Å²) < 4.78 is 6.01. The molecule has 0 atom stereocenters. The number of carbonyl (C=O) groups is 2. The van der Waals surface area contributed by atoms with Crippen LogP contribution >= 0.6 is 0 Å². The van der Waals surface area contributed by atoms with Crippen molar-refractivity contribution in [2.24, 2.45) is 0 Å². The molecule has 140 valence electrons. The average molecular weight is 379 g/mol.